The van der Waals surface area contributed by atoms with E-state index in [9.17, 15) is 24.0 Å². The number of benzene rings is 1. The first-order chi connectivity index (χ1) is 16.4. The number of pyridine rings is 1. The van der Waals surface area contributed by atoms with E-state index in [4.69, 9.17) is 9.47 Å². The third-order valence-corrected chi connectivity index (χ3v) is 5.73. The van der Waals surface area contributed by atoms with Gasteiger partial charge >= 0.3 is 0 Å². The van der Waals surface area contributed by atoms with E-state index >= 15 is 0 Å². The number of aryl methyl sites for hydroxylation is 1. The molecule has 1 aliphatic rings. The lowest BCUT2D eigenvalue weighted by molar-refractivity contribution is -0.124. The molecule has 1 amide bonds. The summed E-state index contributed by atoms with van der Waals surface area (Å²) in [6, 6.07) is 6.54. The summed E-state index contributed by atoms with van der Waals surface area (Å²) in [5.41, 5.74) is -0.786. The molecule has 9 heteroatoms. The Bertz CT molecular complexity index is 1130. The van der Waals surface area contributed by atoms with Crippen molar-refractivity contribution in [3.05, 3.63) is 63.3 Å². The van der Waals surface area contributed by atoms with Crippen molar-refractivity contribution < 1.29 is 23.5 Å². The molecule has 0 saturated heterocycles. The summed E-state index contributed by atoms with van der Waals surface area (Å²) in [5.74, 6) is -1.55. The number of rotatable bonds is 10. The Kier molecular flexibility index (Phi) is 8.93. The smallest absolute Gasteiger partial charge is 0.268 e. The molecule has 1 aliphatic carbocycles. The van der Waals surface area contributed by atoms with Crippen LogP contribution in [0.3, 0.4) is 0 Å². The monoisotopic (exact) mass is 469 g/mol. The number of hydrogen-bond acceptors (Lipinski definition) is 6. The standard InChI is InChI=1S/C25H28FN3O5/c1-33-11-5-10-29-15-18(12-17(14-27)25(29)32)24(31)21-13-19(26)8-9-22(21)34-16-23(30)28-20-6-3-2-4-7-20/h8-9,12-13,15,20H,2-7,10-11,16H2,1H3,(H,28,30). The molecule has 1 fully saturated rings. The number of nitrogens with one attached hydrogen (secondary N) is 1. The third kappa shape index (κ3) is 6.51. The number of nitrogens with zero attached hydrogens (tertiary/aromatic N) is 2. The zero-order valence-corrected chi connectivity index (χ0v) is 19.1. The van der Waals surface area contributed by atoms with Gasteiger partial charge in [-0.3, -0.25) is 14.4 Å². The van der Waals surface area contributed by atoms with Crippen molar-refractivity contribution in [2.75, 3.05) is 20.3 Å². The number of amides is 1. The highest BCUT2D eigenvalue weighted by Crippen LogP contribution is 2.24. The van der Waals surface area contributed by atoms with Crippen LogP contribution in [-0.4, -0.2) is 42.6 Å². The summed E-state index contributed by atoms with van der Waals surface area (Å²) in [7, 11) is 1.53. The van der Waals surface area contributed by atoms with Gasteiger partial charge in [0.2, 0.25) is 0 Å². The maximum atomic E-state index is 14.0. The van der Waals surface area contributed by atoms with Gasteiger partial charge in [-0.15, -0.1) is 0 Å². The zero-order chi connectivity index (χ0) is 24.5. The molecular formula is C25H28FN3O5. The van der Waals surface area contributed by atoms with E-state index < -0.39 is 17.2 Å². The average Bonchev–Trinajstić information content (AvgIpc) is 2.84. The first kappa shape index (κ1) is 25.1. The van der Waals surface area contributed by atoms with Gasteiger partial charge in [0.05, 0.1) is 5.56 Å². The first-order valence-corrected chi connectivity index (χ1v) is 11.3. The summed E-state index contributed by atoms with van der Waals surface area (Å²) >= 11 is 0. The van der Waals surface area contributed by atoms with Crippen molar-refractivity contribution in [2.24, 2.45) is 0 Å². The van der Waals surface area contributed by atoms with E-state index in [1.807, 2.05) is 0 Å². The fourth-order valence-corrected chi connectivity index (χ4v) is 4.01. The molecule has 34 heavy (non-hydrogen) atoms. The van der Waals surface area contributed by atoms with Crippen LogP contribution in [0.4, 0.5) is 4.39 Å². The Labute approximate surface area is 197 Å². The lowest BCUT2D eigenvalue weighted by Gasteiger charge is -2.22. The molecule has 3 rings (SSSR count). The molecule has 1 N–H and O–H groups in total. The molecule has 2 aromatic rings. The molecule has 0 radical (unpaired) electrons. The number of hydrogen-bond donors (Lipinski definition) is 1. The molecule has 1 heterocycles. The van der Waals surface area contributed by atoms with Gasteiger partial charge in [-0.05, 0) is 43.5 Å². The number of halogens is 1. The maximum absolute atomic E-state index is 14.0. The van der Waals surface area contributed by atoms with Gasteiger partial charge in [0.15, 0.2) is 12.4 Å². The number of ketones is 1. The SMILES string of the molecule is COCCCn1cc(C(=O)c2cc(F)ccc2OCC(=O)NC2CCCCC2)cc(C#N)c1=O. The van der Waals surface area contributed by atoms with E-state index in [0.717, 1.165) is 44.2 Å². The number of ether oxygens (including phenoxy) is 2. The first-order valence-electron chi connectivity index (χ1n) is 11.3. The molecule has 0 bridgehead atoms. The predicted molar refractivity (Wildman–Crippen MR) is 122 cm³/mol. The fraction of sp³-hybridized carbons (Fsp3) is 0.440. The van der Waals surface area contributed by atoms with Crippen LogP contribution in [-0.2, 0) is 16.1 Å². The van der Waals surface area contributed by atoms with Crippen molar-refractivity contribution in [2.45, 2.75) is 51.1 Å². The Hall–Kier alpha value is -3.51. The van der Waals surface area contributed by atoms with Crippen LogP contribution < -0.4 is 15.6 Å². The lowest BCUT2D eigenvalue weighted by Crippen LogP contribution is -2.39. The van der Waals surface area contributed by atoms with Crippen molar-refractivity contribution in [3.63, 3.8) is 0 Å². The lowest BCUT2D eigenvalue weighted by atomic mass is 9.95. The van der Waals surface area contributed by atoms with Crippen LogP contribution in [0.2, 0.25) is 0 Å². The molecule has 0 aliphatic heterocycles. The normalized spacial score (nSPS) is 13.8. The summed E-state index contributed by atoms with van der Waals surface area (Å²) in [6.07, 6.45) is 6.99. The van der Waals surface area contributed by atoms with E-state index in [2.05, 4.69) is 5.32 Å². The minimum atomic E-state index is -0.656. The summed E-state index contributed by atoms with van der Waals surface area (Å²) in [4.78, 5) is 38.0. The topological polar surface area (TPSA) is 110 Å². The van der Waals surface area contributed by atoms with Crippen molar-refractivity contribution >= 4 is 11.7 Å². The summed E-state index contributed by atoms with van der Waals surface area (Å²) in [6.45, 7) is 0.329. The molecule has 1 saturated carbocycles. The van der Waals surface area contributed by atoms with E-state index in [-0.39, 0.29) is 47.5 Å². The number of aromatic nitrogens is 1. The van der Waals surface area contributed by atoms with Crippen LogP contribution in [0.5, 0.6) is 5.75 Å². The number of nitriles is 1. The minimum Gasteiger partial charge on any atom is -0.483 e. The van der Waals surface area contributed by atoms with Crippen LogP contribution in [0.1, 0.15) is 60.0 Å². The predicted octanol–water partition coefficient (Wildman–Crippen LogP) is 2.95. The number of methoxy groups -OCH3 is 1. The number of carbonyl (C=O) groups is 2. The molecular weight excluding hydrogens is 441 g/mol. The Morgan fingerprint density at radius 1 is 1.24 bits per heavy atom. The van der Waals surface area contributed by atoms with Gasteiger partial charge in [-0.25, -0.2) is 4.39 Å². The van der Waals surface area contributed by atoms with Crippen LogP contribution in [0.25, 0.3) is 0 Å². The summed E-state index contributed by atoms with van der Waals surface area (Å²) in [5, 5.41) is 12.3. The quantitative estimate of drug-likeness (QED) is 0.423. The Balaban J connectivity index is 1.81. The Morgan fingerprint density at radius 3 is 2.71 bits per heavy atom. The third-order valence-electron chi connectivity index (χ3n) is 5.73. The zero-order valence-electron chi connectivity index (χ0n) is 19.1. The van der Waals surface area contributed by atoms with E-state index in [1.165, 1.54) is 30.0 Å². The van der Waals surface area contributed by atoms with Gasteiger partial charge in [0.1, 0.15) is 23.2 Å². The van der Waals surface area contributed by atoms with E-state index in [0.29, 0.717) is 13.0 Å². The van der Waals surface area contributed by atoms with Crippen LogP contribution in [0.15, 0.2) is 35.3 Å². The van der Waals surface area contributed by atoms with Gasteiger partial charge in [0.25, 0.3) is 11.5 Å². The largest absolute Gasteiger partial charge is 0.483 e. The minimum absolute atomic E-state index is 0.0377. The fourth-order valence-electron chi connectivity index (χ4n) is 4.01. The molecule has 0 atom stereocenters. The van der Waals surface area contributed by atoms with Gasteiger partial charge in [-0.1, -0.05) is 19.3 Å². The maximum Gasteiger partial charge on any atom is 0.268 e. The molecule has 1 aromatic heterocycles. The second-order valence-corrected chi connectivity index (χ2v) is 8.26. The van der Waals surface area contributed by atoms with Gasteiger partial charge in [0, 0.05) is 38.1 Å². The van der Waals surface area contributed by atoms with Crippen molar-refractivity contribution in [1.29, 1.82) is 5.26 Å². The second-order valence-electron chi connectivity index (χ2n) is 8.26. The molecule has 8 nitrogen and oxygen atoms in total. The molecule has 0 spiro atoms. The second kappa shape index (κ2) is 12.1. The molecule has 1 aromatic carbocycles. The van der Waals surface area contributed by atoms with Gasteiger partial charge < -0.3 is 19.4 Å². The highest BCUT2D eigenvalue weighted by Gasteiger charge is 2.21. The van der Waals surface area contributed by atoms with Crippen molar-refractivity contribution in [3.8, 4) is 11.8 Å². The highest BCUT2D eigenvalue weighted by atomic mass is 19.1. The number of carbonyl (C=O) groups excluding carboxylic acids is 2. The van der Waals surface area contributed by atoms with Crippen LogP contribution >= 0.6 is 0 Å². The van der Waals surface area contributed by atoms with Crippen molar-refractivity contribution in [1.82, 2.24) is 9.88 Å². The van der Waals surface area contributed by atoms with Crippen LogP contribution in [0, 0.1) is 17.1 Å². The highest BCUT2D eigenvalue weighted by molar-refractivity contribution is 6.10. The van der Waals surface area contributed by atoms with Gasteiger partial charge in [-0.2, -0.15) is 5.26 Å². The average molecular weight is 470 g/mol. The Morgan fingerprint density at radius 2 is 2.00 bits per heavy atom. The molecule has 0 unspecified atom stereocenters. The molecule has 180 valence electrons. The van der Waals surface area contributed by atoms with E-state index in [1.54, 1.807) is 6.07 Å². The summed E-state index contributed by atoms with van der Waals surface area (Å²) < 4.78 is 25.9.